The van der Waals surface area contributed by atoms with Gasteiger partial charge in [-0.25, -0.2) is 9.78 Å². The van der Waals surface area contributed by atoms with Crippen LogP contribution >= 0.6 is 11.3 Å². The van der Waals surface area contributed by atoms with Gasteiger partial charge >= 0.3 is 16.4 Å². The fraction of sp³-hybridized carbons (Fsp3) is 0.320. The monoisotopic (exact) mass is 546 g/mol. The van der Waals surface area contributed by atoms with E-state index >= 15 is 0 Å². The first-order valence-electron chi connectivity index (χ1n) is 11.7. The van der Waals surface area contributed by atoms with E-state index in [1.165, 1.54) is 17.4 Å². The van der Waals surface area contributed by atoms with Gasteiger partial charge in [0.1, 0.15) is 11.0 Å². The molecule has 0 aliphatic carbocycles. The van der Waals surface area contributed by atoms with Gasteiger partial charge < -0.3 is 15.4 Å². The summed E-state index contributed by atoms with van der Waals surface area (Å²) in [5.41, 5.74) is 2.63. The standard InChI is InChI=1S/C25H30N4O6S2/c1-3-19-16-36-24(26-19)22(15-18-11-8-12-20(13-18)29-37(32,33)34)27-23(30)21(28-25(31)35-4-2)14-17-9-6-5-7-10-17/h5-13,16,21-22,29H,3-4,14-15H2,1-2H3,(H,27,30)(H,28,31)(H,32,33,34). The number of nitrogens with zero attached hydrogens (tertiary/aromatic N) is 1. The maximum atomic E-state index is 13.5. The van der Waals surface area contributed by atoms with Gasteiger partial charge in [-0.3, -0.25) is 14.1 Å². The van der Waals surface area contributed by atoms with Gasteiger partial charge in [-0.2, -0.15) is 8.42 Å². The van der Waals surface area contributed by atoms with E-state index in [1.807, 2.05) is 47.4 Å². The molecule has 37 heavy (non-hydrogen) atoms. The Kier molecular flexibility index (Phi) is 10.0. The molecule has 4 N–H and O–H groups in total. The zero-order valence-electron chi connectivity index (χ0n) is 20.5. The normalized spacial score (nSPS) is 12.8. The minimum absolute atomic E-state index is 0.168. The number of carbonyl (C=O) groups is 2. The Hall–Kier alpha value is -3.48. The molecule has 2 atom stereocenters. The first kappa shape index (κ1) is 28.1. The highest BCUT2D eigenvalue weighted by Gasteiger charge is 2.26. The van der Waals surface area contributed by atoms with Crippen LogP contribution in [0.4, 0.5) is 10.5 Å². The van der Waals surface area contributed by atoms with Crippen molar-refractivity contribution in [2.45, 2.75) is 45.2 Å². The van der Waals surface area contributed by atoms with Crippen LogP contribution in [0.1, 0.15) is 41.7 Å². The molecule has 0 bridgehead atoms. The first-order valence-corrected chi connectivity index (χ1v) is 14.0. The van der Waals surface area contributed by atoms with Crippen LogP contribution < -0.4 is 15.4 Å². The Bertz CT molecular complexity index is 1300. The fourth-order valence-corrected chi connectivity index (χ4v) is 5.02. The van der Waals surface area contributed by atoms with Crippen molar-refractivity contribution in [3.05, 3.63) is 81.8 Å². The number of nitrogens with one attached hydrogen (secondary N) is 3. The molecule has 0 aliphatic rings. The maximum Gasteiger partial charge on any atom is 0.407 e. The number of aryl methyl sites for hydroxylation is 1. The van der Waals surface area contributed by atoms with Gasteiger partial charge in [-0.05, 0) is 43.0 Å². The van der Waals surface area contributed by atoms with Crippen LogP contribution in [0, 0.1) is 0 Å². The molecule has 0 radical (unpaired) electrons. The van der Waals surface area contributed by atoms with Crippen molar-refractivity contribution in [1.82, 2.24) is 15.6 Å². The molecule has 0 fully saturated rings. The van der Waals surface area contributed by atoms with Crippen molar-refractivity contribution in [1.29, 1.82) is 0 Å². The summed E-state index contributed by atoms with van der Waals surface area (Å²) in [4.78, 5) is 30.3. The predicted molar refractivity (Wildman–Crippen MR) is 142 cm³/mol. The zero-order chi connectivity index (χ0) is 26.8. The number of carbonyl (C=O) groups excluding carboxylic acids is 2. The van der Waals surface area contributed by atoms with E-state index in [9.17, 15) is 18.0 Å². The van der Waals surface area contributed by atoms with Gasteiger partial charge in [0.15, 0.2) is 0 Å². The molecule has 2 amide bonds. The van der Waals surface area contributed by atoms with Gasteiger partial charge in [0, 0.05) is 11.8 Å². The summed E-state index contributed by atoms with van der Waals surface area (Å²) < 4.78 is 38.6. The molecule has 3 rings (SSSR count). The number of hydrogen-bond acceptors (Lipinski definition) is 7. The van der Waals surface area contributed by atoms with Crippen LogP contribution in [0.5, 0.6) is 0 Å². The molecule has 1 aromatic heterocycles. The lowest BCUT2D eigenvalue weighted by Gasteiger charge is -2.23. The summed E-state index contributed by atoms with van der Waals surface area (Å²) in [6.45, 7) is 3.83. The molecule has 0 saturated carbocycles. The highest BCUT2D eigenvalue weighted by molar-refractivity contribution is 7.87. The van der Waals surface area contributed by atoms with E-state index in [0.717, 1.165) is 17.7 Å². The van der Waals surface area contributed by atoms with Crippen LogP contribution in [-0.2, 0) is 39.1 Å². The van der Waals surface area contributed by atoms with Gasteiger partial charge in [0.05, 0.1) is 24.0 Å². The molecular formula is C25H30N4O6S2. The highest BCUT2D eigenvalue weighted by atomic mass is 32.2. The van der Waals surface area contributed by atoms with E-state index in [-0.39, 0.29) is 18.7 Å². The molecule has 0 saturated heterocycles. The largest absolute Gasteiger partial charge is 0.450 e. The van der Waals surface area contributed by atoms with Crippen molar-refractivity contribution in [3.8, 4) is 0 Å². The fourth-order valence-electron chi connectivity index (χ4n) is 3.64. The lowest BCUT2D eigenvalue weighted by molar-refractivity contribution is -0.123. The van der Waals surface area contributed by atoms with Crippen molar-refractivity contribution in [2.75, 3.05) is 11.3 Å². The van der Waals surface area contributed by atoms with Crippen LogP contribution in [0.15, 0.2) is 60.0 Å². The molecule has 2 aromatic carbocycles. The van der Waals surface area contributed by atoms with Crippen LogP contribution in [-0.4, -0.2) is 42.6 Å². The van der Waals surface area contributed by atoms with Crippen LogP contribution in [0.3, 0.4) is 0 Å². The summed E-state index contributed by atoms with van der Waals surface area (Å²) in [6, 6.07) is 14.3. The maximum absolute atomic E-state index is 13.5. The quantitative estimate of drug-likeness (QED) is 0.253. The van der Waals surface area contributed by atoms with E-state index in [2.05, 4.69) is 15.6 Å². The molecule has 3 aromatic rings. The Balaban J connectivity index is 1.86. The SMILES string of the molecule is CCOC(=O)NC(Cc1ccccc1)C(=O)NC(Cc1cccc(NS(=O)(=O)O)c1)c1nc(CC)cs1. The minimum atomic E-state index is -4.43. The topological polar surface area (TPSA) is 147 Å². The lowest BCUT2D eigenvalue weighted by Crippen LogP contribution is -2.49. The minimum Gasteiger partial charge on any atom is -0.450 e. The summed E-state index contributed by atoms with van der Waals surface area (Å²) in [5.74, 6) is -0.414. The molecule has 2 unspecified atom stereocenters. The molecule has 198 valence electrons. The van der Waals surface area contributed by atoms with Crippen LogP contribution in [0.2, 0.25) is 0 Å². The Morgan fingerprint density at radius 2 is 1.76 bits per heavy atom. The zero-order valence-corrected chi connectivity index (χ0v) is 22.1. The highest BCUT2D eigenvalue weighted by Crippen LogP contribution is 2.24. The molecule has 0 spiro atoms. The second-order valence-electron chi connectivity index (χ2n) is 8.18. The third-order valence-corrected chi connectivity index (χ3v) is 6.83. The molecule has 10 nitrogen and oxygen atoms in total. The average Bonchev–Trinajstić information content (AvgIpc) is 3.33. The molecule has 1 heterocycles. The Morgan fingerprint density at radius 3 is 2.41 bits per heavy atom. The second-order valence-corrected chi connectivity index (χ2v) is 10.2. The number of amides is 2. The van der Waals surface area contributed by atoms with Crippen molar-refractivity contribution in [3.63, 3.8) is 0 Å². The summed E-state index contributed by atoms with van der Waals surface area (Å²) in [6.07, 6.45) is 0.582. The van der Waals surface area contributed by atoms with Crippen molar-refractivity contribution < 1.29 is 27.3 Å². The lowest BCUT2D eigenvalue weighted by atomic mass is 10.0. The number of alkyl carbamates (subject to hydrolysis) is 1. The number of hydrogen-bond donors (Lipinski definition) is 4. The van der Waals surface area contributed by atoms with Gasteiger partial charge in [-0.1, -0.05) is 49.4 Å². The van der Waals surface area contributed by atoms with E-state index in [0.29, 0.717) is 17.0 Å². The first-order chi connectivity index (χ1) is 17.7. The molecule has 12 heteroatoms. The summed E-state index contributed by atoms with van der Waals surface area (Å²) in [7, 11) is -4.43. The van der Waals surface area contributed by atoms with Gasteiger partial charge in [-0.15, -0.1) is 11.3 Å². The third-order valence-electron chi connectivity index (χ3n) is 5.33. The number of thiazole rings is 1. The second kappa shape index (κ2) is 13.2. The summed E-state index contributed by atoms with van der Waals surface area (Å²) in [5, 5.41) is 8.24. The predicted octanol–water partition coefficient (Wildman–Crippen LogP) is 3.68. The van der Waals surface area contributed by atoms with Crippen molar-refractivity contribution >= 4 is 39.3 Å². The number of aromatic nitrogens is 1. The average molecular weight is 547 g/mol. The van der Waals surface area contributed by atoms with Gasteiger partial charge in [0.25, 0.3) is 0 Å². The van der Waals surface area contributed by atoms with Crippen molar-refractivity contribution in [2.24, 2.45) is 0 Å². The van der Waals surface area contributed by atoms with Crippen LogP contribution in [0.25, 0.3) is 0 Å². The smallest absolute Gasteiger partial charge is 0.407 e. The number of benzene rings is 2. The van der Waals surface area contributed by atoms with E-state index < -0.39 is 34.4 Å². The number of ether oxygens (including phenoxy) is 1. The number of rotatable bonds is 12. The Morgan fingerprint density at radius 1 is 1.03 bits per heavy atom. The third kappa shape index (κ3) is 9.16. The summed E-state index contributed by atoms with van der Waals surface area (Å²) >= 11 is 1.41. The molecule has 0 aliphatic heterocycles. The number of anilines is 1. The Labute approximate surface area is 220 Å². The molecular weight excluding hydrogens is 516 g/mol. The van der Waals surface area contributed by atoms with Gasteiger partial charge in [0.2, 0.25) is 5.91 Å². The van der Waals surface area contributed by atoms with E-state index in [4.69, 9.17) is 9.29 Å². The van der Waals surface area contributed by atoms with E-state index in [1.54, 1.807) is 25.1 Å².